The summed E-state index contributed by atoms with van der Waals surface area (Å²) >= 11 is 0. The molecule has 13 rings (SSSR count). The number of para-hydroxylation sites is 1. The van der Waals surface area contributed by atoms with Gasteiger partial charge in [0.2, 0.25) is 0 Å². The summed E-state index contributed by atoms with van der Waals surface area (Å²) in [7, 11) is 0. The number of anilines is 3. The van der Waals surface area contributed by atoms with Crippen LogP contribution in [-0.2, 0) is 0 Å². The van der Waals surface area contributed by atoms with E-state index in [0.29, 0.717) is 0 Å². The fourth-order valence-corrected chi connectivity index (χ4v) is 10.5. The second kappa shape index (κ2) is 16.5. The van der Waals surface area contributed by atoms with Gasteiger partial charge >= 0.3 is 0 Å². The Kier molecular flexibility index (Phi) is 9.54. The van der Waals surface area contributed by atoms with Gasteiger partial charge in [0.25, 0.3) is 0 Å². The van der Waals surface area contributed by atoms with E-state index in [0.717, 1.165) is 28.3 Å². The van der Waals surface area contributed by atoms with Crippen molar-refractivity contribution in [2.24, 2.45) is 0 Å². The lowest BCUT2D eigenvalue weighted by Gasteiger charge is -2.26. The van der Waals surface area contributed by atoms with Crippen LogP contribution in [0.5, 0.6) is 0 Å². The van der Waals surface area contributed by atoms with Crippen LogP contribution in [0.3, 0.4) is 0 Å². The molecule has 0 bridgehead atoms. The van der Waals surface area contributed by atoms with Crippen molar-refractivity contribution in [2.45, 2.75) is 0 Å². The van der Waals surface area contributed by atoms with E-state index in [1.165, 1.54) is 93.1 Å². The average Bonchev–Trinajstić information content (AvgIpc) is 3.76. The van der Waals surface area contributed by atoms with Crippen LogP contribution >= 0.6 is 0 Å². The van der Waals surface area contributed by atoms with Gasteiger partial charge in [-0.3, -0.25) is 0 Å². The van der Waals surface area contributed by atoms with Gasteiger partial charge in [0.1, 0.15) is 0 Å². The Morgan fingerprint density at radius 1 is 0.250 bits per heavy atom. The molecule has 1 aromatic heterocycles. The van der Waals surface area contributed by atoms with Crippen molar-refractivity contribution >= 4 is 71.2 Å². The molecule has 0 unspecified atom stereocenters. The Balaban J connectivity index is 0.959. The number of nitrogens with zero attached hydrogens (tertiary/aromatic N) is 2. The van der Waals surface area contributed by atoms with Crippen LogP contribution < -0.4 is 4.90 Å². The summed E-state index contributed by atoms with van der Waals surface area (Å²) in [5.74, 6) is 0. The summed E-state index contributed by atoms with van der Waals surface area (Å²) in [5.41, 5.74) is 16.3. The first-order chi connectivity index (χ1) is 33.7. The highest BCUT2D eigenvalue weighted by Crippen LogP contribution is 2.45. The Bertz CT molecular complexity index is 4000. The summed E-state index contributed by atoms with van der Waals surface area (Å²) < 4.78 is 2.42. The van der Waals surface area contributed by atoms with Crippen molar-refractivity contribution in [1.29, 1.82) is 0 Å². The standard InChI is InChI=1S/C66H44N2/c1-3-15-48(16-4-1)61-24-12-26-63-65(61)66-62(25-13-27-64(66)68(63)55-20-5-2-6-21-55)53-19-11-22-58(44-53)67(56-37-32-46(33-38-56)51-30-28-45-14-7-8-18-50(45)42-51)57-39-34-47(35-40-57)52-36-41-60-54(43-52)31-29-49-17-9-10-23-59(49)60/h1-44H. The molecule has 0 spiro atoms. The molecule has 2 heteroatoms. The molecule has 0 aliphatic rings. The molecule has 0 amide bonds. The van der Waals surface area contributed by atoms with Gasteiger partial charge < -0.3 is 9.47 Å². The summed E-state index contributed by atoms with van der Waals surface area (Å²) in [5, 5.41) is 10.0. The summed E-state index contributed by atoms with van der Waals surface area (Å²) in [6, 6.07) is 97.5. The molecule has 0 atom stereocenters. The number of fused-ring (bicyclic) bond motifs is 7. The maximum absolute atomic E-state index is 2.42. The molecule has 2 nitrogen and oxygen atoms in total. The number of rotatable bonds is 8. The molecule has 0 radical (unpaired) electrons. The first-order valence-electron chi connectivity index (χ1n) is 23.4. The molecule has 0 N–H and O–H groups in total. The molecule has 12 aromatic carbocycles. The van der Waals surface area contributed by atoms with Crippen molar-refractivity contribution in [3.63, 3.8) is 0 Å². The number of hydrogen-bond acceptors (Lipinski definition) is 1. The Hall–Kier alpha value is -8.98. The van der Waals surface area contributed by atoms with Gasteiger partial charge in [-0.2, -0.15) is 0 Å². The van der Waals surface area contributed by atoms with E-state index in [4.69, 9.17) is 0 Å². The molecule has 0 aliphatic heterocycles. The van der Waals surface area contributed by atoms with Gasteiger partial charge in [-0.1, -0.05) is 194 Å². The van der Waals surface area contributed by atoms with Gasteiger partial charge in [-0.05, 0) is 150 Å². The third kappa shape index (κ3) is 6.82. The summed E-state index contributed by atoms with van der Waals surface area (Å²) in [6.07, 6.45) is 0. The van der Waals surface area contributed by atoms with Gasteiger partial charge in [0.05, 0.1) is 11.0 Å². The average molecular weight is 865 g/mol. The second-order valence-electron chi connectivity index (χ2n) is 17.7. The smallest absolute Gasteiger partial charge is 0.0547 e. The minimum Gasteiger partial charge on any atom is -0.310 e. The number of aromatic nitrogens is 1. The quantitative estimate of drug-likeness (QED) is 0.138. The Morgan fingerprint density at radius 3 is 1.43 bits per heavy atom. The summed E-state index contributed by atoms with van der Waals surface area (Å²) in [4.78, 5) is 2.40. The van der Waals surface area contributed by atoms with Crippen LogP contribution in [0.2, 0.25) is 0 Å². The zero-order valence-corrected chi connectivity index (χ0v) is 37.3. The molecule has 0 aliphatic carbocycles. The zero-order chi connectivity index (χ0) is 45.0. The molecular weight excluding hydrogens is 821 g/mol. The van der Waals surface area contributed by atoms with Crippen LogP contribution in [-0.4, -0.2) is 4.57 Å². The van der Waals surface area contributed by atoms with E-state index in [2.05, 4.69) is 276 Å². The third-order valence-corrected chi connectivity index (χ3v) is 13.7. The van der Waals surface area contributed by atoms with Gasteiger partial charge in [-0.25, -0.2) is 0 Å². The minimum atomic E-state index is 1.08. The number of hydrogen-bond donors (Lipinski definition) is 0. The highest BCUT2D eigenvalue weighted by atomic mass is 15.1. The summed E-state index contributed by atoms with van der Waals surface area (Å²) in [6.45, 7) is 0. The lowest BCUT2D eigenvalue weighted by atomic mass is 9.94. The normalized spacial score (nSPS) is 11.5. The van der Waals surface area contributed by atoms with E-state index in [9.17, 15) is 0 Å². The van der Waals surface area contributed by atoms with Crippen molar-refractivity contribution in [3.8, 4) is 50.2 Å². The second-order valence-corrected chi connectivity index (χ2v) is 17.7. The first-order valence-corrected chi connectivity index (χ1v) is 23.4. The highest BCUT2D eigenvalue weighted by Gasteiger charge is 2.21. The molecule has 318 valence electrons. The van der Waals surface area contributed by atoms with Crippen molar-refractivity contribution < 1.29 is 0 Å². The van der Waals surface area contributed by atoms with Gasteiger partial charge in [0.15, 0.2) is 0 Å². The third-order valence-electron chi connectivity index (χ3n) is 13.7. The monoisotopic (exact) mass is 864 g/mol. The van der Waals surface area contributed by atoms with E-state index >= 15 is 0 Å². The Labute approximate surface area is 395 Å². The molecule has 0 fully saturated rings. The number of benzene rings is 12. The van der Waals surface area contributed by atoms with Gasteiger partial charge in [-0.15, -0.1) is 0 Å². The molecular formula is C66H44N2. The lowest BCUT2D eigenvalue weighted by molar-refractivity contribution is 1.18. The zero-order valence-electron chi connectivity index (χ0n) is 37.3. The van der Waals surface area contributed by atoms with E-state index in [1.54, 1.807) is 0 Å². The van der Waals surface area contributed by atoms with Crippen LogP contribution in [0.1, 0.15) is 0 Å². The van der Waals surface area contributed by atoms with Crippen LogP contribution in [0.25, 0.3) is 104 Å². The van der Waals surface area contributed by atoms with E-state index in [1.807, 2.05) is 0 Å². The highest BCUT2D eigenvalue weighted by molar-refractivity contribution is 6.21. The predicted octanol–water partition coefficient (Wildman–Crippen LogP) is 18.4. The molecule has 1 heterocycles. The SMILES string of the molecule is c1ccc(-c2cccc3c2c2c(-c4cccc(N(c5ccc(-c6ccc7ccccc7c6)cc5)c5ccc(-c6ccc7c(ccc8ccccc87)c6)cc5)c4)cccc2n3-c2ccccc2)cc1. The minimum absolute atomic E-state index is 1.08. The maximum Gasteiger partial charge on any atom is 0.0547 e. The van der Waals surface area contributed by atoms with Crippen LogP contribution in [0, 0.1) is 0 Å². The molecule has 0 saturated heterocycles. The Morgan fingerprint density at radius 2 is 0.735 bits per heavy atom. The molecule has 0 saturated carbocycles. The predicted molar refractivity (Wildman–Crippen MR) is 290 cm³/mol. The van der Waals surface area contributed by atoms with E-state index in [-0.39, 0.29) is 0 Å². The maximum atomic E-state index is 2.42. The molecule has 68 heavy (non-hydrogen) atoms. The van der Waals surface area contributed by atoms with Crippen LogP contribution in [0.15, 0.2) is 267 Å². The lowest BCUT2D eigenvalue weighted by Crippen LogP contribution is -2.10. The van der Waals surface area contributed by atoms with Crippen molar-refractivity contribution in [1.82, 2.24) is 4.57 Å². The topological polar surface area (TPSA) is 8.17 Å². The van der Waals surface area contributed by atoms with Crippen molar-refractivity contribution in [2.75, 3.05) is 4.90 Å². The first kappa shape index (κ1) is 39.4. The van der Waals surface area contributed by atoms with Gasteiger partial charge in [0, 0.05) is 33.5 Å². The van der Waals surface area contributed by atoms with Crippen molar-refractivity contribution in [3.05, 3.63) is 267 Å². The van der Waals surface area contributed by atoms with Crippen LogP contribution in [0.4, 0.5) is 17.1 Å². The van der Waals surface area contributed by atoms with E-state index < -0.39 is 0 Å². The fourth-order valence-electron chi connectivity index (χ4n) is 10.5. The largest absolute Gasteiger partial charge is 0.310 e. The molecule has 13 aromatic rings. The fraction of sp³-hybridized carbons (Fsp3) is 0.